The van der Waals surface area contributed by atoms with Gasteiger partial charge in [-0.2, -0.15) is 0 Å². The summed E-state index contributed by atoms with van der Waals surface area (Å²) in [6.07, 6.45) is 1.40. The van der Waals surface area contributed by atoms with Crippen LogP contribution in [0.3, 0.4) is 0 Å². The lowest BCUT2D eigenvalue weighted by Gasteiger charge is -2.26. The van der Waals surface area contributed by atoms with E-state index in [4.69, 9.17) is 14.5 Å². The van der Waals surface area contributed by atoms with Gasteiger partial charge in [0.05, 0.1) is 18.2 Å². The largest absolute Gasteiger partial charge is 0.467 e. The zero-order chi connectivity index (χ0) is 19.0. The molecule has 4 rings (SSSR count). The van der Waals surface area contributed by atoms with Crippen LogP contribution < -0.4 is 4.89 Å². The summed E-state index contributed by atoms with van der Waals surface area (Å²) in [5.41, 5.74) is 1.88. The molecule has 27 heavy (non-hydrogen) atoms. The Kier molecular flexibility index (Phi) is 4.12. The van der Waals surface area contributed by atoms with Crippen molar-refractivity contribution in [2.45, 2.75) is 12.5 Å². The molecule has 136 valence electrons. The highest BCUT2D eigenvalue weighted by Crippen LogP contribution is 2.35. The molecule has 2 aromatic carbocycles. The van der Waals surface area contributed by atoms with E-state index in [0.29, 0.717) is 16.9 Å². The predicted octanol–water partition coefficient (Wildman–Crippen LogP) is 2.58. The Labute approximate surface area is 154 Å². The van der Waals surface area contributed by atoms with Crippen LogP contribution in [0, 0.1) is 0 Å². The summed E-state index contributed by atoms with van der Waals surface area (Å²) in [7, 11) is 1.22. The van der Waals surface area contributed by atoms with E-state index in [9.17, 15) is 14.4 Å². The standard InChI is InChI=1S/C20H15NO6/c1-25-20(24)16(10-12-11-26-27-17-9-5-4-6-13(12)17)21-18(22)14-7-2-3-8-15(14)19(21)23/h2-9,11,16H,10H2,1H3. The molecule has 2 heterocycles. The van der Waals surface area contributed by atoms with Gasteiger partial charge in [-0.3, -0.25) is 24.3 Å². The van der Waals surface area contributed by atoms with Gasteiger partial charge in [0.25, 0.3) is 11.8 Å². The lowest BCUT2D eigenvalue weighted by atomic mass is 9.97. The van der Waals surface area contributed by atoms with Crippen molar-refractivity contribution in [2.24, 2.45) is 0 Å². The van der Waals surface area contributed by atoms with Crippen molar-refractivity contribution in [3.63, 3.8) is 0 Å². The molecule has 0 fully saturated rings. The van der Waals surface area contributed by atoms with Crippen LogP contribution in [0.25, 0.3) is 5.57 Å². The molecule has 7 heteroatoms. The number of ether oxygens (including phenoxy) is 1. The third-order valence-corrected chi connectivity index (χ3v) is 4.58. The minimum absolute atomic E-state index is 0.0402. The molecule has 0 aliphatic carbocycles. The molecule has 1 atom stereocenters. The van der Waals surface area contributed by atoms with Gasteiger partial charge in [0, 0.05) is 17.6 Å². The molecule has 2 aliphatic heterocycles. The number of fused-ring (bicyclic) bond motifs is 2. The third kappa shape index (κ3) is 2.73. The Hall–Kier alpha value is -3.61. The van der Waals surface area contributed by atoms with Gasteiger partial charge >= 0.3 is 5.97 Å². The second kappa shape index (κ2) is 6.60. The number of amides is 2. The van der Waals surface area contributed by atoms with E-state index in [0.717, 1.165) is 4.90 Å². The van der Waals surface area contributed by atoms with Crippen LogP contribution >= 0.6 is 0 Å². The molecule has 0 radical (unpaired) electrons. The number of nitrogens with zero attached hydrogens (tertiary/aromatic N) is 1. The number of esters is 1. The lowest BCUT2D eigenvalue weighted by Crippen LogP contribution is -2.45. The first-order valence-corrected chi connectivity index (χ1v) is 8.28. The van der Waals surface area contributed by atoms with Gasteiger partial charge < -0.3 is 4.74 Å². The molecule has 0 bridgehead atoms. The van der Waals surface area contributed by atoms with E-state index in [-0.39, 0.29) is 17.5 Å². The van der Waals surface area contributed by atoms with Crippen LogP contribution in [0.5, 0.6) is 5.75 Å². The van der Waals surface area contributed by atoms with E-state index in [1.165, 1.54) is 13.4 Å². The molecule has 1 unspecified atom stereocenters. The Bertz CT molecular complexity index is 945. The Morgan fingerprint density at radius 2 is 1.59 bits per heavy atom. The topological polar surface area (TPSA) is 82.1 Å². The van der Waals surface area contributed by atoms with Crippen LogP contribution in [-0.4, -0.2) is 35.8 Å². The summed E-state index contributed by atoms with van der Waals surface area (Å²) in [6, 6.07) is 12.5. The van der Waals surface area contributed by atoms with Crippen molar-refractivity contribution in [3.05, 3.63) is 71.5 Å². The maximum Gasteiger partial charge on any atom is 0.329 e. The summed E-state index contributed by atoms with van der Waals surface area (Å²) in [5.74, 6) is -1.24. The highest BCUT2D eigenvalue weighted by Gasteiger charge is 2.43. The van der Waals surface area contributed by atoms with Crippen molar-refractivity contribution >= 4 is 23.4 Å². The number of methoxy groups -OCH3 is 1. The number of hydrogen-bond donors (Lipinski definition) is 0. The second-order valence-electron chi connectivity index (χ2n) is 6.09. The number of rotatable bonds is 4. The molecule has 0 saturated carbocycles. The summed E-state index contributed by atoms with van der Waals surface area (Å²) < 4.78 is 4.87. The van der Waals surface area contributed by atoms with Crippen LogP contribution in [0.4, 0.5) is 0 Å². The first-order valence-electron chi connectivity index (χ1n) is 8.28. The van der Waals surface area contributed by atoms with Gasteiger partial charge in [-0.15, -0.1) is 0 Å². The molecular weight excluding hydrogens is 350 g/mol. The molecule has 2 aliphatic rings. The van der Waals surface area contributed by atoms with Gasteiger partial charge in [-0.05, 0) is 18.2 Å². The van der Waals surface area contributed by atoms with Crippen molar-refractivity contribution in [1.29, 1.82) is 0 Å². The minimum Gasteiger partial charge on any atom is -0.467 e. The zero-order valence-electron chi connectivity index (χ0n) is 14.4. The lowest BCUT2D eigenvalue weighted by molar-refractivity contribution is -0.152. The monoisotopic (exact) mass is 365 g/mol. The third-order valence-electron chi connectivity index (χ3n) is 4.58. The van der Waals surface area contributed by atoms with Crippen LogP contribution in [0.15, 0.2) is 54.8 Å². The van der Waals surface area contributed by atoms with Crippen LogP contribution in [-0.2, 0) is 14.4 Å². The quantitative estimate of drug-likeness (QED) is 0.471. The fourth-order valence-electron chi connectivity index (χ4n) is 3.28. The second-order valence-corrected chi connectivity index (χ2v) is 6.09. The zero-order valence-corrected chi connectivity index (χ0v) is 14.4. The smallest absolute Gasteiger partial charge is 0.329 e. The number of benzene rings is 2. The summed E-state index contributed by atoms with van der Waals surface area (Å²) >= 11 is 0. The Morgan fingerprint density at radius 1 is 1.00 bits per heavy atom. The molecule has 2 amide bonds. The fourth-order valence-corrected chi connectivity index (χ4v) is 3.28. The van der Waals surface area contributed by atoms with E-state index < -0.39 is 23.8 Å². The molecule has 0 N–H and O–H groups in total. The number of carbonyl (C=O) groups is 3. The maximum atomic E-state index is 12.8. The SMILES string of the molecule is COC(=O)C(CC1=COOc2ccccc21)N1C(=O)c2ccccc2C1=O. The summed E-state index contributed by atoms with van der Waals surface area (Å²) in [6.45, 7) is 0. The van der Waals surface area contributed by atoms with Crippen molar-refractivity contribution in [3.8, 4) is 5.75 Å². The first kappa shape index (κ1) is 16.8. The average Bonchev–Trinajstić information content (AvgIpc) is 2.96. The van der Waals surface area contributed by atoms with Gasteiger partial charge in [0.15, 0.2) is 5.75 Å². The summed E-state index contributed by atoms with van der Waals surface area (Å²) in [4.78, 5) is 49.1. The number of hydrogen-bond acceptors (Lipinski definition) is 6. The molecule has 2 aromatic rings. The molecule has 0 aromatic heterocycles. The van der Waals surface area contributed by atoms with Crippen LogP contribution in [0.2, 0.25) is 0 Å². The highest BCUT2D eigenvalue weighted by molar-refractivity contribution is 6.22. The van der Waals surface area contributed by atoms with E-state index in [2.05, 4.69) is 0 Å². The van der Waals surface area contributed by atoms with Gasteiger partial charge in [0.1, 0.15) is 12.3 Å². The van der Waals surface area contributed by atoms with Gasteiger partial charge in [-0.1, -0.05) is 30.3 Å². The van der Waals surface area contributed by atoms with Crippen molar-refractivity contribution in [1.82, 2.24) is 4.90 Å². The number of carbonyl (C=O) groups excluding carboxylic acids is 3. The normalized spacial score (nSPS) is 15.9. The predicted molar refractivity (Wildman–Crippen MR) is 93.5 cm³/mol. The van der Waals surface area contributed by atoms with E-state index in [1.54, 1.807) is 42.5 Å². The number of para-hydroxylation sites is 1. The first-order chi connectivity index (χ1) is 13.1. The Balaban J connectivity index is 1.70. The Morgan fingerprint density at radius 3 is 2.22 bits per heavy atom. The molecule has 0 spiro atoms. The molecule has 7 nitrogen and oxygen atoms in total. The summed E-state index contributed by atoms with van der Waals surface area (Å²) in [5, 5.41) is 0. The average molecular weight is 365 g/mol. The van der Waals surface area contributed by atoms with Crippen molar-refractivity contribution in [2.75, 3.05) is 7.11 Å². The van der Waals surface area contributed by atoms with E-state index >= 15 is 0 Å². The van der Waals surface area contributed by atoms with Crippen LogP contribution in [0.1, 0.15) is 32.7 Å². The molecular formula is C20H15NO6. The maximum absolute atomic E-state index is 12.8. The number of imide groups is 1. The minimum atomic E-state index is -1.12. The molecule has 0 saturated heterocycles. The van der Waals surface area contributed by atoms with E-state index in [1.807, 2.05) is 6.07 Å². The van der Waals surface area contributed by atoms with Gasteiger partial charge in [0.2, 0.25) is 0 Å². The van der Waals surface area contributed by atoms with Crippen molar-refractivity contribution < 1.29 is 28.9 Å². The fraction of sp³-hybridized carbons (Fsp3) is 0.150. The van der Waals surface area contributed by atoms with Gasteiger partial charge in [-0.25, -0.2) is 4.79 Å². The highest BCUT2D eigenvalue weighted by atomic mass is 17.2.